The van der Waals surface area contributed by atoms with E-state index in [9.17, 15) is 9.59 Å². The van der Waals surface area contributed by atoms with Crippen molar-refractivity contribution in [3.05, 3.63) is 34.3 Å². The van der Waals surface area contributed by atoms with Crippen molar-refractivity contribution >= 4 is 27.9 Å². The second-order valence-corrected chi connectivity index (χ2v) is 8.02. The second kappa shape index (κ2) is 9.06. The van der Waals surface area contributed by atoms with Gasteiger partial charge in [-0.3, -0.25) is 4.79 Å². The average Bonchev–Trinajstić information content (AvgIpc) is 2.41. The standard InChI is InChI=1S/C18H27BrN2O3/c1-12(2)15(21-17(23)24-18(3,4)5)11-20-16(22)10-13-7-6-8-14(19)9-13/h6-9,12,15H,10-11H2,1-5H3,(H,20,22)(H,21,23). The van der Waals surface area contributed by atoms with Crippen molar-refractivity contribution in [1.29, 1.82) is 0 Å². The van der Waals surface area contributed by atoms with Crippen LogP contribution < -0.4 is 10.6 Å². The monoisotopic (exact) mass is 398 g/mol. The molecule has 0 fully saturated rings. The van der Waals surface area contributed by atoms with Gasteiger partial charge in [0, 0.05) is 11.0 Å². The van der Waals surface area contributed by atoms with Gasteiger partial charge in [-0.25, -0.2) is 4.79 Å². The van der Waals surface area contributed by atoms with Gasteiger partial charge < -0.3 is 15.4 Å². The van der Waals surface area contributed by atoms with Gasteiger partial charge in [0.1, 0.15) is 5.60 Å². The molecule has 1 rings (SSSR count). The van der Waals surface area contributed by atoms with Gasteiger partial charge in [-0.05, 0) is 44.4 Å². The Hall–Kier alpha value is -1.56. The lowest BCUT2D eigenvalue weighted by atomic mass is 10.0. The highest BCUT2D eigenvalue weighted by atomic mass is 79.9. The molecule has 0 saturated carbocycles. The number of alkyl carbamates (subject to hydrolysis) is 1. The third kappa shape index (κ3) is 8.34. The van der Waals surface area contributed by atoms with Gasteiger partial charge in [-0.1, -0.05) is 41.9 Å². The van der Waals surface area contributed by atoms with E-state index in [1.54, 1.807) is 0 Å². The highest BCUT2D eigenvalue weighted by molar-refractivity contribution is 9.10. The van der Waals surface area contributed by atoms with Crippen LogP contribution in [0.5, 0.6) is 0 Å². The average molecular weight is 399 g/mol. The number of benzene rings is 1. The number of rotatable bonds is 6. The minimum Gasteiger partial charge on any atom is -0.444 e. The number of halogens is 1. The Bertz CT molecular complexity index is 568. The molecule has 2 amide bonds. The molecule has 134 valence electrons. The molecule has 0 aliphatic carbocycles. The van der Waals surface area contributed by atoms with Crippen LogP contribution in [0.2, 0.25) is 0 Å². The highest BCUT2D eigenvalue weighted by Gasteiger charge is 2.21. The summed E-state index contributed by atoms with van der Waals surface area (Å²) < 4.78 is 6.21. The highest BCUT2D eigenvalue weighted by Crippen LogP contribution is 2.12. The maximum absolute atomic E-state index is 12.1. The van der Waals surface area contributed by atoms with Gasteiger partial charge in [0.15, 0.2) is 0 Å². The van der Waals surface area contributed by atoms with Gasteiger partial charge in [0.05, 0.1) is 12.5 Å². The van der Waals surface area contributed by atoms with Crippen molar-refractivity contribution in [1.82, 2.24) is 10.6 Å². The fraction of sp³-hybridized carbons (Fsp3) is 0.556. The van der Waals surface area contributed by atoms with E-state index in [4.69, 9.17) is 4.74 Å². The topological polar surface area (TPSA) is 67.4 Å². The Morgan fingerprint density at radius 2 is 1.92 bits per heavy atom. The Morgan fingerprint density at radius 1 is 1.25 bits per heavy atom. The molecule has 2 N–H and O–H groups in total. The minimum absolute atomic E-state index is 0.0789. The predicted octanol–water partition coefficient (Wildman–Crippen LogP) is 3.66. The number of carbonyl (C=O) groups excluding carboxylic acids is 2. The largest absolute Gasteiger partial charge is 0.444 e. The third-order valence-corrected chi connectivity index (χ3v) is 3.77. The molecule has 0 heterocycles. The van der Waals surface area contributed by atoms with Gasteiger partial charge in [0.2, 0.25) is 5.91 Å². The van der Waals surface area contributed by atoms with Crippen LogP contribution in [0.1, 0.15) is 40.2 Å². The zero-order valence-electron chi connectivity index (χ0n) is 15.0. The van der Waals surface area contributed by atoms with Gasteiger partial charge in [0.25, 0.3) is 0 Å². The summed E-state index contributed by atoms with van der Waals surface area (Å²) in [5.74, 6) is 0.0911. The lowest BCUT2D eigenvalue weighted by Crippen LogP contribution is -2.48. The molecular formula is C18H27BrN2O3. The maximum atomic E-state index is 12.1. The molecule has 0 saturated heterocycles. The normalized spacial score (nSPS) is 12.6. The first-order valence-corrected chi connectivity index (χ1v) is 8.87. The summed E-state index contributed by atoms with van der Waals surface area (Å²) in [4.78, 5) is 24.0. The smallest absolute Gasteiger partial charge is 0.407 e. The summed E-state index contributed by atoms with van der Waals surface area (Å²) in [6.07, 6.45) is -0.168. The molecule has 0 spiro atoms. The number of nitrogens with one attached hydrogen (secondary N) is 2. The summed E-state index contributed by atoms with van der Waals surface area (Å²) in [7, 11) is 0. The maximum Gasteiger partial charge on any atom is 0.407 e. The van der Waals surface area contributed by atoms with Gasteiger partial charge in [-0.15, -0.1) is 0 Å². The van der Waals surface area contributed by atoms with Crippen LogP contribution in [0.15, 0.2) is 28.7 Å². The first kappa shape index (κ1) is 20.5. The van der Waals surface area contributed by atoms with Gasteiger partial charge in [-0.2, -0.15) is 0 Å². The Balaban J connectivity index is 2.51. The van der Waals surface area contributed by atoms with Crippen LogP contribution in [-0.2, 0) is 16.0 Å². The van der Waals surface area contributed by atoms with Crippen LogP contribution in [0, 0.1) is 5.92 Å². The quantitative estimate of drug-likeness (QED) is 0.767. The third-order valence-electron chi connectivity index (χ3n) is 3.28. The molecule has 0 aliphatic rings. The summed E-state index contributed by atoms with van der Waals surface area (Å²) in [5, 5.41) is 5.69. The molecule has 24 heavy (non-hydrogen) atoms. The zero-order valence-corrected chi connectivity index (χ0v) is 16.6. The minimum atomic E-state index is -0.546. The number of carbonyl (C=O) groups is 2. The van der Waals surface area contributed by atoms with Crippen LogP contribution in [-0.4, -0.2) is 30.2 Å². The van der Waals surface area contributed by atoms with Crippen molar-refractivity contribution < 1.29 is 14.3 Å². The summed E-state index contributed by atoms with van der Waals surface area (Å²) in [6.45, 7) is 9.79. The van der Waals surface area contributed by atoms with Crippen molar-refractivity contribution in [2.24, 2.45) is 5.92 Å². The van der Waals surface area contributed by atoms with E-state index in [1.807, 2.05) is 58.9 Å². The number of ether oxygens (including phenoxy) is 1. The predicted molar refractivity (Wildman–Crippen MR) is 98.9 cm³/mol. The first-order valence-electron chi connectivity index (χ1n) is 8.07. The van der Waals surface area contributed by atoms with Crippen molar-refractivity contribution in [3.8, 4) is 0 Å². The second-order valence-electron chi connectivity index (χ2n) is 7.11. The summed E-state index contributed by atoms with van der Waals surface area (Å²) in [6, 6.07) is 7.45. The molecule has 0 radical (unpaired) electrons. The lowest BCUT2D eigenvalue weighted by Gasteiger charge is -2.26. The Morgan fingerprint density at radius 3 is 2.46 bits per heavy atom. The number of amides is 2. The lowest BCUT2D eigenvalue weighted by molar-refractivity contribution is -0.120. The van der Waals surface area contributed by atoms with Crippen molar-refractivity contribution in [2.75, 3.05) is 6.54 Å². The molecule has 5 nitrogen and oxygen atoms in total. The van der Waals surface area contributed by atoms with Crippen LogP contribution in [0.25, 0.3) is 0 Å². The molecule has 6 heteroatoms. The molecule has 0 aromatic heterocycles. The Kier molecular flexibility index (Phi) is 7.73. The number of hydrogen-bond acceptors (Lipinski definition) is 3. The summed E-state index contributed by atoms with van der Waals surface area (Å²) >= 11 is 3.39. The molecule has 0 bridgehead atoms. The van der Waals surface area contributed by atoms with E-state index in [1.165, 1.54) is 0 Å². The molecule has 1 aromatic rings. The van der Waals surface area contributed by atoms with Crippen molar-refractivity contribution in [3.63, 3.8) is 0 Å². The zero-order chi connectivity index (χ0) is 18.3. The van der Waals surface area contributed by atoms with E-state index < -0.39 is 11.7 Å². The van der Waals surface area contributed by atoms with E-state index in [-0.39, 0.29) is 17.9 Å². The van der Waals surface area contributed by atoms with E-state index in [0.717, 1.165) is 10.0 Å². The molecular weight excluding hydrogens is 372 g/mol. The summed E-state index contributed by atoms with van der Waals surface area (Å²) in [5.41, 5.74) is 0.387. The molecule has 0 aliphatic heterocycles. The van der Waals surface area contributed by atoms with E-state index in [0.29, 0.717) is 13.0 Å². The van der Waals surface area contributed by atoms with Gasteiger partial charge >= 0.3 is 6.09 Å². The van der Waals surface area contributed by atoms with E-state index in [2.05, 4.69) is 26.6 Å². The SMILES string of the molecule is CC(C)C(CNC(=O)Cc1cccc(Br)c1)NC(=O)OC(C)(C)C. The Labute approximate surface area is 152 Å². The van der Waals surface area contributed by atoms with E-state index >= 15 is 0 Å². The molecule has 1 atom stereocenters. The van der Waals surface area contributed by atoms with Crippen molar-refractivity contribution in [2.45, 2.75) is 52.7 Å². The van der Waals surface area contributed by atoms with Crippen LogP contribution >= 0.6 is 15.9 Å². The van der Waals surface area contributed by atoms with Crippen LogP contribution in [0.4, 0.5) is 4.79 Å². The fourth-order valence-electron chi connectivity index (χ4n) is 2.03. The number of hydrogen-bond donors (Lipinski definition) is 2. The molecule has 1 unspecified atom stereocenters. The molecule has 1 aromatic carbocycles. The van der Waals surface area contributed by atoms with Crippen LogP contribution in [0.3, 0.4) is 0 Å². The fourth-order valence-corrected chi connectivity index (χ4v) is 2.48. The first-order chi connectivity index (χ1) is 11.1.